The van der Waals surface area contributed by atoms with E-state index < -0.39 is 0 Å². The summed E-state index contributed by atoms with van der Waals surface area (Å²) in [6.07, 6.45) is 1.18. The highest BCUT2D eigenvalue weighted by molar-refractivity contribution is 5.29. The third-order valence-electron chi connectivity index (χ3n) is 4.56. The molecule has 3 rings (SSSR count). The second-order valence-electron chi connectivity index (χ2n) is 5.79. The van der Waals surface area contributed by atoms with Crippen molar-refractivity contribution >= 4 is 0 Å². The molecule has 0 saturated carbocycles. The van der Waals surface area contributed by atoms with Crippen LogP contribution in [0.1, 0.15) is 18.1 Å². The lowest BCUT2D eigenvalue weighted by Crippen LogP contribution is -2.51. The first kappa shape index (κ1) is 13.1. The highest BCUT2D eigenvalue weighted by Crippen LogP contribution is 2.17. The second kappa shape index (κ2) is 6.04. The average Bonchev–Trinajstić information content (AvgIpc) is 2.48. The van der Waals surface area contributed by atoms with Gasteiger partial charge in [0.15, 0.2) is 0 Å². The lowest BCUT2D eigenvalue weighted by molar-refractivity contribution is 0.126. The maximum atomic E-state index is 3.69. The summed E-state index contributed by atoms with van der Waals surface area (Å²) in [5.74, 6) is 0. The van der Waals surface area contributed by atoms with Crippen LogP contribution < -0.4 is 5.32 Å². The van der Waals surface area contributed by atoms with Crippen LogP contribution in [0.5, 0.6) is 0 Å². The van der Waals surface area contributed by atoms with Crippen LogP contribution in [0.2, 0.25) is 0 Å². The molecule has 1 saturated heterocycles. The molecular formula is C16H25N3. The highest BCUT2D eigenvalue weighted by atomic mass is 15.3. The van der Waals surface area contributed by atoms with Gasteiger partial charge in [0.2, 0.25) is 0 Å². The number of nitrogens with zero attached hydrogens (tertiary/aromatic N) is 2. The first-order chi connectivity index (χ1) is 9.35. The summed E-state index contributed by atoms with van der Waals surface area (Å²) >= 11 is 0. The SMILES string of the molecule is CCN1CCN(C[C@@H]2Cc3ccccc3CN2)CC1. The fourth-order valence-corrected chi connectivity index (χ4v) is 3.25. The number of hydrogen-bond donors (Lipinski definition) is 1. The Morgan fingerprint density at radius 2 is 1.74 bits per heavy atom. The molecule has 1 aromatic rings. The predicted octanol–water partition coefficient (Wildman–Crippen LogP) is 1.34. The van der Waals surface area contributed by atoms with E-state index in [-0.39, 0.29) is 0 Å². The van der Waals surface area contributed by atoms with Crippen LogP contribution in [0.15, 0.2) is 24.3 Å². The van der Waals surface area contributed by atoms with Crippen LogP contribution >= 0.6 is 0 Å². The van der Waals surface area contributed by atoms with Gasteiger partial charge in [-0.25, -0.2) is 0 Å². The zero-order valence-electron chi connectivity index (χ0n) is 11.9. The molecule has 0 aromatic heterocycles. The lowest BCUT2D eigenvalue weighted by Gasteiger charge is -2.37. The van der Waals surface area contributed by atoms with E-state index in [2.05, 4.69) is 46.3 Å². The molecule has 0 aliphatic carbocycles. The Kier molecular flexibility index (Phi) is 4.16. The Morgan fingerprint density at radius 3 is 2.47 bits per heavy atom. The van der Waals surface area contributed by atoms with E-state index in [0.29, 0.717) is 6.04 Å². The van der Waals surface area contributed by atoms with Gasteiger partial charge in [0, 0.05) is 45.3 Å². The molecule has 1 fully saturated rings. The minimum Gasteiger partial charge on any atom is -0.308 e. The molecule has 0 unspecified atom stereocenters. The first-order valence-corrected chi connectivity index (χ1v) is 7.60. The van der Waals surface area contributed by atoms with Gasteiger partial charge in [-0.2, -0.15) is 0 Å². The molecule has 2 heterocycles. The van der Waals surface area contributed by atoms with Crippen molar-refractivity contribution in [2.75, 3.05) is 39.3 Å². The number of fused-ring (bicyclic) bond motifs is 1. The van der Waals surface area contributed by atoms with Crippen molar-refractivity contribution < 1.29 is 0 Å². The Morgan fingerprint density at radius 1 is 1.05 bits per heavy atom. The molecule has 0 bridgehead atoms. The Balaban J connectivity index is 1.52. The fourth-order valence-electron chi connectivity index (χ4n) is 3.25. The summed E-state index contributed by atoms with van der Waals surface area (Å²) in [5.41, 5.74) is 3.02. The van der Waals surface area contributed by atoms with Gasteiger partial charge >= 0.3 is 0 Å². The van der Waals surface area contributed by atoms with E-state index in [1.165, 1.54) is 51.3 Å². The fraction of sp³-hybridized carbons (Fsp3) is 0.625. The largest absolute Gasteiger partial charge is 0.308 e. The van der Waals surface area contributed by atoms with E-state index in [1.54, 1.807) is 5.56 Å². The topological polar surface area (TPSA) is 18.5 Å². The normalized spacial score (nSPS) is 25.2. The van der Waals surface area contributed by atoms with Crippen molar-refractivity contribution in [1.82, 2.24) is 15.1 Å². The zero-order valence-corrected chi connectivity index (χ0v) is 11.9. The molecule has 104 valence electrons. The van der Waals surface area contributed by atoms with Crippen molar-refractivity contribution in [2.45, 2.75) is 25.9 Å². The van der Waals surface area contributed by atoms with Gasteiger partial charge in [-0.15, -0.1) is 0 Å². The minimum atomic E-state index is 0.628. The number of hydrogen-bond acceptors (Lipinski definition) is 3. The van der Waals surface area contributed by atoms with Crippen molar-refractivity contribution in [3.63, 3.8) is 0 Å². The van der Waals surface area contributed by atoms with Crippen molar-refractivity contribution in [1.29, 1.82) is 0 Å². The minimum absolute atomic E-state index is 0.628. The molecule has 3 heteroatoms. The van der Waals surface area contributed by atoms with Crippen molar-refractivity contribution in [2.24, 2.45) is 0 Å². The van der Waals surface area contributed by atoms with Gasteiger partial charge in [-0.3, -0.25) is 4.90 Å². The number of piperazine rings is 1. The molecule has 19 heavy (non-hydrogen) atoms. The number of nitrogens with one attached hydrogen (secondary N) is 1. The molecule has 1 N–H and O–H groups in total. The maximum Gasteiger partial charge on any atom is 0.0238 e. The van der Waals surface area contributed by atoms with Crippen LogP contribution in [-0.4, -0.2) is 55.1 Å². The summed E-state index contributed by atoms with van der Waals surface area (Å²) in [6, 6.07) is 9.48. The van der Waals surface area contributed by atoms with Gasteiger partial charge < -0.3 is 10.2 Å². The van der Waals surface area contributed by atoms with Crippen LogP contribution in [0.3, 0.4) is 0 Å². The van der Waals surface area contributed by atoms with Gasteiger partial charge in [-0.05, 0) is 24.1 Å². The van der Waals surface area contributed by atoms with Crippen LogP contribution in [0.4, 0.5) is 0 Å². The Bertz CT molecular complexity index is 410. The summed E-state index contributed by atoms with van der Waals surface area (Å²) < 4.78 is 0. The molecule has 0 radical (unpaired) electrons. The maximum absolute atomic E-state index is 3.69. The Labute approximate surface area is 116 Å². The number of likely N-dealkylation sites (N-methyl/N-ethyl adjacent to an activating group) is 1. The molecule has 1 atom stereocenters. The van der Waals surface area contributed by atoms with Crippen LogP contribution in [-0.2, 0) is 13.0 Å². The summed E-state index contributed by atoms with van der Waals surface area (Å²) in [6.45, 7) is 10.6. The van der Waals surface area contributed by atoms with Gasteiger partial charge in [0.25, 0.3) is 0 Å². The highest BCUT2D eigenvalue weighted by Gasteiger charge is 2.22. The summed E-state index contributed by atoms with van der Waals surface area (Å²) in [7, 11) is 0. The van der Waals surface area contributed by atoms with E-state index >= 15 is 0 Å². The Hall–Kier alpha value is -0.900. The molecule has 2 aliphatic rings. The number of benzene rings is 1. The smallest absolute Gasteiger partial charge is 0.0238 e. The van der Waals surface area contributed by atoms with Crippen LogP contribution in [0, 0.1) is 0 Å². The standard InChI is InChI=1S/C16H25N3/c1-2-18-7-9-19(10-8-18)13-16-11-14-5-3-4-6-15(14)12-17-16/h3-6,16-17H,2,7-13H2,1H3/t16-/m0/s1. The van der Waals surface area contributed by atoms with Gasteiger partial charge in [0.05, 0.1) is 0 Å². The van der Waals surface area contributed by atoms with E-state index in [1.807, 2.05) is 0 Å². The van der Waals surface area contributed by atoms with Crippen LogP contribution in [0.25, 0.3) is 0 Å². The van der Waals surface area contributed by atoms with E-state index in [0.717, 1.165) is 6.54 Å². The monoisotopic (exact) mass is 259 g/mol. The first-order valence-electron chi connectivity index (χ1n) is 7.60. The average molecular weight is 259 g/mol. The quantitative estimate of drug-likeness (QED) is 0.884. The molecule has 0 spiro atoms. The molecule has 0 amide bonds. The molecule has 3 nitrogen and oxygen atoms in total. The molecular weight excluding hydrogens is 234 g/mol. The zero-order chi connectivity index (χ0) is 13.1. The second-order valence-corrected chi connectivity index (χ2v) is 5.79. The summed E-state index contributed by atoms with van der Waals surface area (Å²) in [4.78, 5) is 5.16. The van der Waals surface area contributed by atoms with E-state index in [4.69, 9.17) is 0 Å². The van der Waals surface area contributed by atoms with Crippen molar-refractivity contribution in [3.8, 4) is 0 Å². The van der Waals surface area contributed by atoms with Gasteiger partial charge in [-0.1, -0.05) is 31.2 Å². The lowest BCUT2D eigenvalue weighted by atomic mass is 9.95. The predicted molar refractivity (Wildman–Crippen MR) is 79.3 cm³/mol. The van der Waals surface area contributed by atoms with Crippen molar-refractivity contribution in [3.05, 3.63) is 35.4 Å². The van der Waals surface area contributed by atoms with Gasteiger partial charge in [0.1, 0.15) is 0 Å². The molecule has 2 aliphatic heterocycles. The third-order valence-corrected chi connectivity index (χ3v) is 4.56. The number of rotatable bonds is 3. The third kappa shape index (κ3) is 3.16. The molecule has 1 aromatic carbocycles. The summed E-state index contributed by atoms with van der Waals surface area (Å²) in [5, 5.41) is 3.69. The van der Waals surface area contributed by atoms with E-state index in [9.17, 15) is 0 Å².